The molecule has 1 atom stereocenters. The Morgan fingerprint density at radius 1 is 1.14 bits per heavy atom. The zero-order chi connectivity index (χ0) is 16.7. The molecule has 0 fully saturated rings. The van der Waals surface area contributed by atoms with Gasteiger partial charge in [-0.2, -0.15) is 4.31 Å². The van der Waals surface area contributed by atoms with Gasteiger partial charge >= 0.3 is 0 Å². The van der Waals surface area contributed by atoms with Gasteiger partial charge in [0.15, 0.2) is 0 Å². The summed E-state index contributed by atoms with van der Waals surface area (Å²) in [6, 6.07) is 1.72. The first kappa shape index (κ1) is 18.0. The molecule has 0 saturated heterocycles. The van der Waals surface area contributed by atoms with E-state index in [9.17, 15) is 8.42 Å². The third kappa shape index (κ3) is 3.24. The van der Waals surface area contributed by atoms with Crippen LogP contribution in [0.25, 0.3) is 0 Å². The standard InChI is InChI=1S/C16H28N2O2S/c1-10-9-11(2)15(12(3)14(10)17)21(19,20)18(8)13(4)16(5,6)7/h9,13H,17H2,1-8H3. The first-order valence-corrected chi connectivity index (χ1v) is 8.60. The zero-order valence-corrected chi connectivity index (χ0v) is 15.2. The van der Waals surface area contributed by atoms with Gasteiger partial charge < -0.3 is 5.73 Å². The van der Waals surface area contributed by atoms with E-state index in [2.05, 4.69) is 0 Å². The van der Waals surface area contributed by atoms with Crippen molar-refractivity contribution in [2.24, 2.45) is 5.41 Å². The molecule has 2 N–H and O–H groups in total. The molecule has 0 amide bonds. The molecule has 0 spiro atoms. The predicted octanol–water partition coefficient (Wildman–Crippen LogP) is 3.25. The van der Waals surface area contributed by atoms with Gasteiger partial charge in [0.25, 0.3) is 0 Å². The molecule has 1 aromatic rings. The van der Waals surface area contributed by atoms with Gasteiger partial charge in [0, 0.05) is 18.8 Å². The molecule has 21 heavy (non-hydrogen) atoms. The van der Waals surface area contributed by atoms with Gasteiger partial charge in [-0.25, -0.2) is 8.42 Å². The first-order chi connectivity index (χ1) is 9.31. The molecule has 0 aliphatic carbocycles. The predicted molar refractivity (Wildman–Crippen MR) is 88.9 cm³/mol. The Morgan fingerprint density at radius 3 is 2.05 bits per heavy atom. The molecule has 1 unspecified atom stereocenters. The second kappa shape index (κ2) is 5.61. The monoisotopic (exact) mass is 312 g/mol. The summed E-state index contributed by atoms with van der Waals surface area (Å²) in [5.41, 5.74) is 8.73. The Bertz CT molecular complexity index is 643. The lowest BCUT2D eigenvalue weighted by Gasteiger charge is -2.35. The fourth-order valence-corrected chi connectivity index (χ4v) is 4.46. The van der Waals surface area contributed by atoms with Crippen LogP contribution in [0.3, 0.4) is 0 Å². The van der Waals surface area contributed by atoms with E-state index in [4.69, 9.17) is 5.73 Å². The van der Waals surface area contributed by atoms with Crippen LogP contribution < -0.4 is 5.73 Å². The topological polar surface area (TPSA) is 63.4 Å². The SMILES string of the molecule is Cc1cc(C)c(S(=O)(=O)N(C)C(C)C(C)(C)C)c(C)c1N. The van der Waals surface area contributed by atoms with E-state index in [0.29, 0.717) is 16.1 Å². The highest BCUT2D eigenvalue weighted by Gasteiger charge is 2.34. The summed E-state index contributed by atoms with van der Waals surface area (Å²) in [4.78, 5) is 0.337. The molecule has 0 aromatic heterocycles. The van der Waals surface area contributed by atoms with Crippen molar-refractivity contribution in [2.45, 2.75) is 59.4 Å². The van der Waals surface area contributed by atoms with Gasteiger partial charge in [0.2, 0.25) is 10.0 Å². The van der Waals surface area contributed by atoms with Crippen molar-refractivity contribution >= 4 is 15.7 Å². The van der Waals surface area contributed by atoms with Crippen LogP contribution in [0, 0.1) is 26.2 Å². The molecule has 1 rings (SSSR count). The van der Waals surface area contributed by atoms with Crippen LogP contribution in [0.1, 0.15) is 44.4 Å². The van der Waals surface area contributed by atoms with Crippen LogP contribution in [0.15, 0.2) is 11.0 Å². The van der Waals surface area contributed by atoms with Gasteiger partial charge in [-0.1, -0.05) is 26.8 Å². The molecule has 0 aliphatic heterocycles. The number of anilines is 1. The molecule has 120 valence electrons. The highest BCUT2D eigenvalue weighted by atomic mass is 32.2. The third-order valence-electron chi connectivity index (χ3n) is 4.40. The Morgan fingerprint density at radius 2 is 1.62 bits per heavy atom. The lowest BCUT2D eigenvalue weighted by atomic mass is 9.88. The van der Waals surface area contributed by atoms with Crippen LogP contribution >= 0.6 is 0 Å². The average molecular weight is 312 g/mol. The maximum absolute atomic E-state index is 13.0. The number of hydrogen-bond acceptors (Lipinski definition) is 3. The third-order valence-corrected chi connectivity index (χ3v) is 6.61. The molecule has 0 bridgehead atoms. The van der Waals surface area contributed by atoms with Crippen molar-refractivity contribution in [3.05, 3.63) is 22.8 Å². The number of sulfonamides is 1. The highest BCUT2D eigenvalue weighted by molar-refractivity contribution is 7.89. The van der Waals surface area contributed by atoms with Crippen LogP contribution in [-0.2, 0) is 10.0 Å². The minimum atomic E-state index is -3.57. The lowest BCUT2D eigenvalue weighted by Crippen LogP contribution is -2.43. The summed E-state index contributed by atoms with van der Waals surface area (Å²) in [5.74, 6) is 0. The van der Waals surface area contributed by atoms with Crippen molar-refractivity contribution in [3.63, 3.8) is 0 Å². The normalized spacial score (nSPS) is 14.5. The molecular weight excluding hydrogens is 284 g/mol. The Labute approximate surface area is 129 Å². The van der Waals surface area contributed by atoms with Gasteiger partial charge in [-0.15, -0.1) is 0 Å². The molecule has 0 heterocycles. The average Bonchev–Trinajstić information content (AvgIpc) is 2.32. The maximum atomic E-state index is 13.0. The van der Waals surface area contributed by atoms with Gasteiger partial charge in [0.05, 0.1) is 4.90 Å². The smallest absolute Gasteiger partial charge is 0.243 e. The van der Waals surface area contributed by atoms with Crippen molar-refractivity contribution < 1.29 is 8.42 Å². The maximum Gasteiger partial charge on any atom is 0.243 e. The summed E-state index contributed by atoms with van der Waals surface area (Å²) in [5, 5.41) is 0. The van der Waals surface area contributed by atoms with E-state index in [0.717, 1.165) is 11.1 Å². The molecular formula is C16H28N2O2S. The molecule has 1 aromatic carbocycles. The number of nitrogens with two attached hydrogens (primary N) is 1. The number of rotatable bonds is 3. The Kier molecular flexibility index (Phi) is 4.81. The van der Waals surface area contributed by atoms with Crippen LogP contribution in [0.4, 0.5) is 5.69 Å². The Balaban J connectivity index is 3.50. The number of aryl methyl sites for hydroxylation is 2. The van der Waals surface area contributed by atoms with E-state index < -0.39 is 10.0 Å². The van der Waals surface area contributed by atoms with Gasteiger partial charge in [0.1, 0.15) is 0 Å². The summed E-state index contributed by atoms with van der Waals surface area (Å²) >= 11 is 0. The van der Waals surface area contributed by atoms with Crippen molar-refractivity contribution in [2.75, 3.05) is 12.8 Å². The quantitative estimate of drug-likeness (QED) is 0.871. The minimum Gasteiger partial charge on any atom is -0.398 e. The molecule has 5 heteroatoms. The van der Waals surface area contributed by atoms with E-state index >= 15 is 0 Å². The minimum absolute atomic E-state index is 0.121. The summed E-state index contributed by atoms with van der Waals surface area (Å²) in [7, 11) is -1.93. The summed E-state index contributed by atoms with van der Waals surface area (Å²) in [6.07, 6.45) is 0. The summed E-state index contributed by atoms with van der Waals surface area (Å²) in [6.45, 7) is 13.5. The fourth-order valence-electron chi connectivity index (χ4n) is 2.48. The van der Waals surface area contributed by atoms with E-state index in [1.807, 2.05) is 47.6 Å². The number of benzene rings is 1. The molecule has 0 saturated carbocycles. The fraction of sp³-hybridized carbons (Fsp3) is 0.625. The summed E-state index contributed by atoms with van der Waals surface area (Å²) < 4.78 is 27.4. The van der Waals surface area contributed by atoms with Gasteiger partial charge in [-0.3, -0.25) is 0 Å². The molecule has 4 nitrogen and oxygen atoms in total. The highest BCUT2D eigenvalue weighted by Crippen LogP contribution is 2.33. The van der Waals surface area contributed by atoms with E-state index in [-0.39, 0.29) is 11.5 Å². The van der Waals surface area contributed by atoms with Crippen molar-refractivity contribution in [1.29, 1.82) is 0 Å². The second-order valence-corrected chi connectivity index (χ2v) is 8.88. The zero-order valence-electron chi connectivity index (χ0n) is 14.4. The van der Waals surface area contributed by atoms with Crippen molar-refractivity contribution in [3.8, 4) is 0 Å². The van der Waals surface area contributed by atoms with Gasteiger partial charge in [-0.05, 0) is 49.8 Å². The van der Waals surface area contributed by atoms with Crippen LogP contribution in [-0.4, -0.2) is 25.8 Å². The second-order valence-electron chi connectivity index (χ2n) is 6.94. The number of nitrogen functional groups attached to an aromatic ring is 1. The Hall–Kier alpha value is -1.07. The number of hydrogen-bond donors (Lipinski definition) is 1. The van der Waals surface area contributed by atoms with E-state index in [1.54, 1.807) is 14.0 Å². The van der Waals surface area contributed by atoms with Crippen LogP contribution in [0.2, 0.25) is 0 Å². The van der Waals surface area contributed by atoms with E-state index in [1.165, 1.54) is 4.31 Å². The number of nitrogens with zero attached hydrogens (tertiary/aromatic N) is 1. The lowest BCUT2D eigenvalue weighted by molar-refractivity contribution is 0.216. The molecule has 0 radical (unpaired) electrons. The largest absolute Gasteiger partial charge is 0.398 e. The van der Waals surface area contributed by atoms with Crippen LogP contribution in [0.5, 0.6) is 0 Å². The van der Waals surface area contributed by atoms with Crippen molar-refractivity contribution in [1.82, 2.24) is 4.31 Å². The first-order valence-electron chi connectivity index (χ1n) is 7.16. The molecule has 0 aliphatic rings.